The first-order valence-electron chi connectivity index (χ1n) is 9.71. The Hall–Kier alpha value is -1.06. The smallest absolute Gasteiger partial charge is 0.191 e. The van der Waals surface area contributed by atoms with Gasteiger partial charge in [-0.15, -0.1) is 24.0 Å². The number of hydrogen-bond acceptors (Lipinski definition) is 4. The van der Waals surface area contributed by atoms with E-state index in [-0.39, 0.29) is 30.1 Å². The van der Waals surface area contributed by atoms with Crippen molar-refractivity contribution in [2.75, 3.05) is 45.9 Å². The van der Waals surface area contributed by atoms with Gasteiger partial charge in [0.1, 0.15) is 5.75 Å². The molecule has 1 atom stereocenters. The summed E-state index contributed by atoms with van der Waals surface area (Å²) in [7, 11) is 0. The fourth-order valence-electron chi connectivity index (χ4n) is 3.15. The highest BCUT2D eigenvalue weighted by molar-refractivity contribution is 14.0. The third-order valence-electron chi connectivity index (χ3n) is 4.26. The first-order valence-corrected chi connectivity index (χ1v) is 9.71. The average molecular weight is 490 g/mol. The highest BCUT2D eigenvalue weighted by Gasteiger charge is 2.20. The molecule has 154 valence electrons. The molecular weight excluding hydrogens is 455 g/mol. The summed E-state index contributed by atoms with van der Waals surface area (Å²) in [6.07, 6.45) is 0.991. The minimum Gasteiger partial charge on any atom is -0.508 e. The lowest BCUT2D eigenvalue weighted by molar-refractivity contribution is -0.0261. The number of morpholine rings is 1. The van der Waals surface area contributed by atoms with E-state index < -0.39 is 0 Å². The molecule has 1 saturated heterocycles. The Morgan fingerprint density at radius 3 is 2.89 bits per heavy atom. The molecule has 1 aliphatic heterocycles. The summed E-state index contributed by atoms with van der Waals surface area (Å²) in [5.74, 6) is 1.80. The van der Waals surface area contributed by atoms with Crippen LogP contribution in [0.5, 0.6) is 5.75 Å². The molecule has 0 amide bonds. The predicted octanol–water partition coefficient (Wildman–Crippen LogP) is 2.46. The van der Waals surface area contributed by atoms with Gasteiger partial charge in [-0.25, -0.2) is 0 Å². The van der Waals surface area contributed by atoms with E-state index in [4.69, 9.17) is 9.73 Å². The molecule has 0 aromatic heterocycles. The Morgan fingerprint density at radius 2 is 2.19 bits per heavy atom. The van der Waals surface area contributed by atoms with Gasteiger partial charge >= 0.3 is 0 Å². The van der Waals surface area contributed by atoms with Crippen molar-refractivity contribution < 1.29 is 9.84 Å². The molecule has 27 heavy (non-hydrogen) atoms. The Bertz CT molecular complexity index is 569. The summed E-state index contributed by atoms with van der Waals surface area (Å²) < 4.78 is 5.87. The van der Waals surface area contributed by atoms with Gasteiger partial charge in [0.2, 0.25) is 0 Å². The number of aliphatic imine (C=N–C) groups is 1. The second kappa shape index (κ2) is 13.2. The maximum absolute atomic E-state index is 9.54. The molecule has 0 spiro atoms. The lowest BCUT2D eigenvalue weighted by Crippen LogP contribution is -2.46. The number of benzene rings is 1. The van der Waals surface area contributed by atoms with Crippen LogP contribution in [0.3, 0.4) is 0 Å². The van der Waals surface area contributed by atoms with Crippen molar-refractivity contribution in [1.82, 2.24) is 15.5 Å². The van der Waals surface area contributed by atoms with Gasteiger partial charge in [0, 0.05) is 32.7 Å². The van der Waals surface area contributed by atoms with Crippen molar-refractivity contribution in [3.05, 3.63) is 29.8 Å². The predicted molar refractivity (Wildman–Crippen MR) is 122 cm³/mol. The van der Waals surface area contributed by atoms with Crippen LogP contribution < -0.4 is 10.6 Å². The van der Waals surface area contributed by atoms with Gasteiger partial charge in [-0.3, -0.25) is 9.89 Å². The number of ether oxygens (including phenoxy) is 1. The van der Waals surface area contributed by atoms with E-state index in [9.17, 15) is 5.11 Å². The van der Waals surface area contributed by atoms with Crippen LogP contribution in [0.15, 0.2) is 29.3 Å². The van der Waals surface area contributed by atoms with Crippen LogP contribution in [0.1, 0.15) is 26.3 Å². The number of rotatable bonds is 8. The first kappa shape index (κ1) is 24.0. The van der Waals surface area contributed by atoms with Gasteiger partial charge in [0.15, 0.2) is 5.96 Å². The van der Waals surface area contributed by atoms with E-state index in [1.165, 1.54) is 0 Å². The van der Waals surface area contributed by atoms with E-state index in [0.717, 1.165) is 57.3 Å². The van der Waals surface area contributed by atoms with E-state index in [2.05, 4.69) is 36.3 Å². The van der Waals surface area contributed by atoms with E-state index in [0.29, 0.717) is 18.2 Å². The molecule has 6 nitrogen and oxygen atoms in total. The summed E-state index contributed by atoms with van der Waals surface area (Å²) >= 11 is 0. The van der Waals surface area contributed by atoms with Crippen molar-refractivity contribution in [2.45, 2.75) is 33.3 Å². The molecule has 3 N–H and O–H groups in total. The normalized spacial score (nSPS) is 18.2. The number of nitrogens with zero attached hydrogens (tertiary/aromatic N) is 2. The van der Waals surface area contributed by atoms with Gasteiger partial charge in [0.05, 0.1) is 19.3 Å². The van der Waals surface area contributed by atoms with Crippen LogP contribution in [-0.4, -0.2) is 67.9 Å². The lowest BCUT2D eigenvalue weighted by atomic mass is 10.1. The van der Waals surface area contributed by atoms with E-state index in [1.54, 1.807) is 12.1 Å². The number of phenolic OH excluding ortho intramolecular Hbond substituents is 1. The highest BCUT2D eigenvalue weighted by atomic mass is 127. The van der Waals surface area contributed by atoms with Crippen molar-refractivity contribution in [2.24, 2.45) is 10.9 Å². The zero-order valence-electron chi connectivity index (χ0n) is 16.8. The van der Waals surface area contributed by atoms with Gasteiger partial charge in [-0.05, 0) is 37.0 Å². The summed E-state index contributed by atoms with van der Waals surface area (Å²) in [5, 5.41) is 16.2. The summed E-state index contributed by atoms with van der Waals surface area (Å²) in [6, 6.07) is 7.37. The van der Waals surface area contributed by atoms with Gasteiger partial charge in [-0.1, -0.05) is 26.0 Å². The van der Waals surface area contributed by atoms with Crippen LogP contribution >= 0.6 is 24.0 Å². The van der Waals surface area contributed by atoms with Gasteiger partial charge in [-0.2, -0.15) is 0 Å². The fourth-order valence-corrected chi connectivity index (χ4v) is 3.15. The molecule has 1 aliphatic rings. The standard InChI is InChI=1S/C20H34N4O2.HI/c1-4-21-20(22-9-8-17-6-5-7-18(25)12-17)23-13-19-15-24(10-11-26-19)14-16(2)3;/h5-7,12,16,19,25H,4,8-11,13-15H2,1-3H3,(H2,21,22,23);1H. The summed E-state index contributed by atoms with van der Waals surface area (Å²) in [4.78, 5) is 7.16. The highest BCUT2D eigenvalue weighted by Crippen LogP contribution is 2.11. The van der Waals surface area contributed by atoms with Crippen LogP contribution in [-0.2, 0) is 11.2 Å². The zero-order valence-corrected chi connectivity index (χ0v) is 19.1. The fraction of sp³-hybridized carbons (Fsp3) is 0.650. The summed E-state index contributed by atoms with van der Waals surface area (Å²) in [5.41, 5.74) is 1.10. The molecule has 0 aliphatic carbocycles. The van der Waals surface area contributed by atoms with Gasteiger partial charge < -0.3 is 20.5 Å². The molecule has 0 saturated carbocycles. The van der Waals surface area contributed by atoms with Crippen LogP contribution in [0, 0.1) is 5.92 Å². The molecule has 2 rings (SSSR count). The van der Waals surface area contributed by atoms with Crippen molar-refractivity contribution in [3.8, 4) is 5.75 Å². The SMILES string of the molecule is CCNC(=NCC1CN(CC(C)C)CCO1)NCCc1cccc(O)c1.I. The van der Waals surface area contributed by atoms with Crippen LogP contribution in [0.2, 0.25) is 0 Å². The number of guanidine groups is 1. The maximum Gasteiger partial charge on any atom is 0.191 e. The van der Waals surface area contributed by atoms with E-state index in [1.807, 2.05) is 12.1 Å². The zero-order chi connectivity index (χ0) is 18.8. The number of phenols is 1. The average Bonchev–Trinajstić information content (AvgIpc) is 2.59. The first-order chi connectivity index (χ1) is 12.6. The number of hydrogen-bond donors (Lipinski definition) is 3. The van der Waals surface area contributed by atoms with Crippen molar-refractivity contribution >= 4 is 29.9 Å². The molecule has 7 heteroatoms. The molecular formula is C20H35IN4O2. The molecule has 1 unspecified atom stereocenters. The number of aromatic hydroxyl groups is 1. The molecule has 1 aromatic rings. The molecule has 1 aromatic carbocycles. The Morgan fingerprint density at radius 1 is 1.37 bits per heavy atom. The molecule has 0 radical (unpaired) electrons. The minimum atomic E-state index is 0. The molecule has 1 heterocycles. The molecule has 0 bridgehead atoms. The largest absolute Gasteiger partial charge is 0.508 e. The summed E-state index contributed by atoms with van der Waals surface area (Å²) in [6.45, 7) is 12.7. The van der Waals surface area contributed by atoms with Crippen molar-refractivity contribution in [3.63, 3.8) is 0 Å². The second-order valence-electron chi connectivity index (χ2n) is 7.21. The topological polar surface area (TPSA) is 69.1 Å². The number of halogens is 1. The Kier molecular flexibility index (Phi) is 11.7. The maximum atomic E-state index is 9.54. The Balaban J connectivity index is 0.00000364. The lowest BCUT2D eigenvalue weighted by Gasteiger charge is -2.33. The third-order valence-corrected chi connectivity index (χ3v) is 4.26. The monoisotopic (exact) mass is 490 g/mol. The van der Waals surface area contributed by atoms with Gasteiger partial charge in [0.25, 0.3) is 0 Å². The van der Waals surface area contributed by atoms with Crippen LogP contribution in [0.25, 0.3) is 0 Å². The van der Waals surface area contributed by atoms with Crippen LogP contribution in [0.4, 0.5) is 0 Å². The quantitative estimate of drug-likeness (QED) is 0.297. The van der Waals surface area contributed by atoms with E-state index >= 15 is 0 Å². The molecule has 1 fully saturated rings. The van der Waals surface area contributed by atoms with Crippen molar-refractivity contribution in [1.29, 1.82) is 0 Å². The number of nitrogens with one attached hydrogen (secondary N) is 2. The third kappa shape index (κ3) is 9.62. The minimum absolute atomic E-state index is 0. The Labute approximate surface area is 180 Å². The second-order valence-corrected chi connectivity index (χ2v) is 7.21.